The Morgan fingerprint density at radius 3 is 2.75 bits per heavy atom. The number of H-pyrrole nitrogens is 1. The Morgan fingerprint density at radius 2 is 2.11 bits per heavy atom. The fourth-order valence-corrected chi connectivity index (χ4v) is 4.89. The van der Waals surface area contributed by atoms with Crippen molar-refractivity contribution in [1.82, 2.24) is 14.6 Å². The van der Waals surface area contributed by atoms with Gasteiger partial charge in [-0.3, -0.25) is 23.7 Å². The van der Waals surface area contributed by atoms with Gasteiger partial charge in [0.1, 0.15) is 23.8 Å². The monoisotopic (exact) mass is 526 g/mol. The zero-order chi connectivity index (χ0) is 26.5. The molecule has 0 spiro atoms. The molecular weight excluding hydrogens is 502 g/mol. The summed E-state index contributed by atoms with van der Waals surface area (Å²) in [6.07, 6.45) is -0.537. The summed E-state index contributed by atoms with van der Waals surface area (Å²) < 4.78 is 49.3. The highest BCUT2D eigenvalue weighted by atomic mass is 31.2. The summed E-state index contributed by atoms with van der Waals surface area (Å²) in [6, 6.07) is 2.63. The van der Waals surface area contributed by atoms with E-state index in [1.807, 2.05) is 0 Å². The number of aromatic nitrogens is 2. The molecule has 1 saturated heterocycles. The number of ether oxygens (including phenoxy) is 2. The van der Waals surface area contributed by atoms with Gasteiger partial charge in [0.2, 0.25) is 0 Å². The molecule has 0 amide bonds. The minimum atomic E-state index is -4.30. The van der Waals surface area contributed by atoms with E-state index in [-0.39, 0.29) is 17.7 Å². The van der Waals surface area contributed by atoms with Gasteiger partial charge in [0.05, 0.1) is 25.9 Å². The molecule has 2 aromatic rings. The molecule has 36 heavy (non-hydrogen) atoms. The first kappa shape index (κ1) is 27.1. The van der Waals surface area contributed by atoms with Crippen LogP contribution in [-0.4, -0.2) is 47.4 Å². The number of esters is 1. The zero-order valence-corrected chi connectivity index (χ0v) is 20.4. The molecule has 1 fully saturated rings. The molecule has 1 aromatic heterocycles. The number of carbonyl (C=O) groups excluding carboxylic acids is 1. The predicted octanol–water partition coefficient (Wildman–Crippen LogP) is 2.31. The van der Waals surface area contributed by atoms with Gasteiger partial charge in [0, 0.05) is 23.1 Å². The molecule has 2 heterocycles. The first-order chi connectivity index (χ1) is 17.0. The van der Waals surface area contributed by atoms with Crippen LogP contribution in [-0.2, 0) is 23.4 Å². The van der Waals surface area contributed by atoms with Crippen LogP contribution in [0.3, 0.4) is 0 Å². The number of hydrogen-bond acceptors (Lipinski definition) is 9. The molecule has 1 aliphatic rings. The highest BCUT2D eigenvalue weighted by molar-refractivity contribution is 7.52. The van der Waals surface area contributed by atoms with Crippen LogP contribution in [0.2, 0.25) is 0 Å². The van der Waals surface area contributed by atoms with Crippen molar-refractivity contribution in [2.45, 2.75) is 44.7 Å². The molecular formula is C20H24FN6O8P. The van der Waals surface area contributed by atoms with Crippen molar-refractivity contribution in [3.05, 3.63) is 73.1 Å². The van der Waals surface area contributed by atoms with E-state index in [4.69, 9.17) is 19.3 Å². The smallest absolute Gasteiger partial charge is 0.459 e. The SMILES string of the molecule is COC(=O)C(C)NP(=O)(OC[C@H]1O[C@@H](n2cc(C)c(=O)[nH]c2=O)C[C@@H]1N=[N+]=[N-])Oc1ccc(F)cc1. The van der Waals surface area contributed by atoms with Gasteiger partial charge >= 0.3 is 19.4 Å². The van der Waals surface area contributed by atoms with Gasteiger partial charge in [-0.2, -0.15) is 5.09 Å². The Morgan fingerprint density at radius 1 is 1.42 bits per heavy atom. The molecule has 2 N–H and O–H groups in total. The summed E-state index contributed by atoms with van der Waals surface area (Å²) in [5, 5.41) is 6.10. The third-order valence-corrected chi connectivity index (χ3v) is 6.86. The fraction of sp³-hybridized carbons (Fsp3) is 0.450. The van der Waals surface area contributed by atoms with Crippen LogP contribution < -0.4 is 20.9 Å². The molecule has 3 rings (SSSR count). The molecule has 16 heteroatoms. The molecule has 0 aliphatic carbocycles. The molecule has 5 atom stereocenters. The van der Waals surface area contributed by atoms with Gasteiger partial charge in [0.25, 0.3) is 5.56 Å². The fourth-order valence-electron chi connectivity index (χ4n) is 3.39. The first-order valence-corrected chi connectivity index (χ1v) is 12.2. The normalized spacial score (nSPS) is 21.7. The van der Waals surface area contributed by atoms with Crippen LogP contribution in [0.15, 0.2) is 45.2 Å². The lowest BCUT2D eigenvalue weighted by molar-refractivity contribution is -0.142. The number of aryl methyl sites for hydroxylation is 1. The van der Waals surface area contributed by atoms with E-state index in [0.29, 0.717) is 0 Å². The minimum absolute atomic E-state index is 0.0172. The number of halogens is 1. The van der Waals surface area contributed by atoms with Gasteiger partial charge in [-0.15, -0.1) is 0 Å². The molecule has 0 bridgehead atoms. The van der Waals surface area contributed by atoms with Crippen molar-refractivity contribution < 1.29 is 32.3 Å². The third-order valence-electron chi connectivity index (χ3n) is 5.21. The average molecular weight is 526 g/mol. The van der Waals surface area contributed by atoms with Crippen molar-refractivity contribution in [3.8, 4) is 5.75 Å². The second kappa shape index (κ2) is 11.5. The topological polar surface area (TPSA) is 187 Å². The summed E-state index contributed by atoms with van der Waals surface area (Å²) >= 11 is 0. The van der Waals surface area contributed by atoms with Crippen LogP contribution in [0.1, 0.15) is 25.1 Å². The maximum absolute atomic E-state index is 13.5. The Labute approximate surface area is 203 Å². The third kappa shape index (κ3) is 6.59. The van der Waals surface area contributed by atoms with E-state index in [0.717, 1.165) is 23.8 Å². The number of azide groups is 1. The van der Waals surface area contributed by atoms with E-state index in [1.165, 1.54) is 32.2 Å². The van der Waals surface area contributed by atoms with Gasteiger partial charge in [-0.25, -0.2) is 13.8 Å². The predicted molar refractivity (Wildman–Crippen MR) is 123 cm³/mol. The second-order valence-corrected chi connectivity index (χ2v) is 9.52. The Bertz CT molecular complexity index is 1310. The second-order valence-electron chi connectivity index (χ2n) is 7.83. The van der Waals surface area contributed by atoms with Gasteiger partial charge in [-0.05, 0) is 43.6 Å². The van der Waals surface area contributed by atoms with Crippen LogP contribution >= 0.6 is 7.75 Å². The highest BCUT2D eigenvalue weighted by Gasteiger charge is 2.40. The quantitative estimate of drug-likeness (QED) is 0.154. The lowest BCUT2D eigenvalue weighted by Gasteiger charge is -2.24. The summed E-state index contributed by atoms with van der Waals surface area (Å²) in [4.78, 5) is 40.7. The van der Waals surface area contributed by atoms with Crippen molar-refractivity contribution >= 4 is 13.7 Å². The minimum Gasteiger partial charge on any atom is -0.468 e. The number of benzene rings is 1. The summed E-state index contributed by atoms with van der Waals surface area (Å²) in [7, 11) is -3.15. The largest absolute Gasteiger partial charge is 0.468 e. The van der Waals surface area contributed by atoms with Crippen molar-refractivity contribution in [2.24, 2.45) is 5.11 Å². The van der Waals surface area contributed by atoms with Crippen molar-refractivity contribution in [1.29, 1.82) is 0 Å². The molecule has 14 nitrogen and oxygen atoms in total. The molecule has 1 aromatic carbocycles. The van der Waals surface area contributed by atoms with Crippen molar-refractivity contribution in [3.63, 3.8) is 0 Å². The summed E-state index contributed by atoms with van der Waals surface area (Å²) in [5.41, 5.74) is 7.94. The summed E-state index contributed by atoms with van der Waals surface area (Å²) in [5.74, 6) is -1.32. The molecule has 0 radical (unpaired) electrons. The molecule has 1 aliphatic heterocycles. The lowest BCUT2D eigenvalue weighted by Crippen LogP contribution is -2.36. The number of nitrogens with zero attached hydrogens (tertiary/aromatic N) is 4. The Hall–Kier alpha value is -3.48. The van der Waals surface area contributed by atoms with Gasteiger partial charge in [-0.1, -0.05) is 5.11 Å². The highest BCUT2D eigenvalue weighted by Crippen LogP contribution is 2.46. The summed E-state index contributed by atoms with van der Waals surface area (Å²) in [6.45, 7) is 2.43. The van der Waals surface area contributed by atoms with Crippen LogP contribution in [0.4, 0.5) is 4.39 Å². The molecule has 0 saturated carbocycles. The number of hydrogen-bond donors (Lipinski definition) is 2. The van der Waals surface area contributed by atoms with E-state index in [1.54, 1.807) is 0 Å². The van der Waals surface area contributed by atoms with E-state index in [2.05, 4.69) is 24.8 Å². The molecule has 2 unspecified atom stereocenters. The lowest BCUT2D eigenvalue weighted by atomic mass is 10.1. The number of carbonyl (C=O) groups is 1. The van der Waals surface area contributed by atoms with E-state index >= 15 is 0 Å². The average Bonchev–Trinajstić information content (AvgIpc) is 3.23. The van der Waals surface area contributed by atoms with Crippen molar-refractivity contribution in [2.75, 3.05) is 13.7 Å². The van der Waals surface area contributed by atoms with Crippen LogP contribution in [0.25, 0.3) is 10.4 Å². The maximum atomic E-state index is 13.5. The zero-order valence-electron chi connectivity index (χ0n) is 19.5. The van der Waals surface area contributed by atoms with Gasteiger partial charge < -0.3 is 14.0 Å². The van der Waals surface area contributed by atoms with Gasteiger partial charge in [0.15, 0.2) is 0 Å². The number of nitrogens with one attached hydrogen (secondary N) is 2. The van der Waals surface area contributed by atoms with E-state index in [9.17, 15) is 23.3 Å². The number of methoxy groups -OCH3 is 1. The first-order valence-electron chi connectivity index (χ1n) is 10.6. The maximum Gasteiger partial charge on any atom is 0.459 e. The Kier molecular flexibility index (Phi) is 8.66. The van der Waals surface area contributed by atoms with E-state index < -0.39 is 61.8 Å². The van der Waals surface area contributed by atoms with Crippen LogP contribution in [0.5, 0.6) is 5.75 Å². The Balaban J connectivity index is 1.82. The van der Waals surface area contributed by atoms with Crippen LogP contribution in [0, 0.1) is 12.7 Å². The number of rotatable bonds is 10. The number of aromatic amines is 1. The molecule has 194 valence electrons. The standard InChI is InChI=1S/C20H24FN6O8P/c1-11-9-27(20(30)23-18(11)28)17-8-15(24-26-22)16(34-17)10-33-36(31,25-12(2)19(29)32-3)35-14-6-4-13(21)5-7-14/h4-7,9,12,15-17H,8,10H2,1-3H3,(H,25,31)(H,23,28,30)/t12?,15-,16+,17+,36?/m0/s1.